The SMILES string of the molecule is COc1ccc(OC)c(CNC(C)c2sc(C)nc2C)c1. The molecule has 0 aliphatic heterocycles. The van der Waals surface area contributed by atoms with Crippen molar-refractivity contribution in [2.24, 2.45) is 0 Å². The van der Waals surface area contributed by atoms with Crippen LogP contribution < -0.4 is 14.8 Å². The molecule has 0 radical (unpaired) electrons. The van der Waals surface area contributed by atoms with Crippen LogP contribution in [0.25, 0.3) is 0 Å². The molecule has 1 heterocycles. The van der Waals surface area contributed by atoms with Crippen molar-refractivity contribution in [3.63, 3.8) is 0 Å². The van der Waals surface area contributed by atoms with Crippen LogP contribution in [0.5, 0.6) is 11.5 Å². The van der Waals surface area contributed by atoms with Crippen molar-refractivity contribution in [3.8, 4) is 11.5 Å². The molecule has 2 aromatic rings. The Bertz CT molecular complexity index is 610. The summed E-state index contributed by atoms with van der Waals surface area (Å²) in [4.78, 5) is 5.77. The molecule has 0 saturated heterocycles. The molecule has 0 aliphatic rings. The maximum absolute atomic E-state index is 5.41. The van der Waals surface area contributed by atoms with Gasteiger partial charge in [0.15, 0.2) is 0 Å². The summed E-state index contributed by atoms with van der Waals surface area (Å²) in [6.07, 6.45) is 0. The fourth-order valence-electron chi connectivity index (χ4n) is 2.32. The molecule has 1 aromatic heterocycles. The van der Waals surface area contributed by atoms with E-state index in [-0.39, 0.29) is 6.04 Å². The van der Waals surface area contributed by atoms with Crippen LogP contribution in [-0.4, -0.2) is 19.2 Å². The van der Waals surface area contributed by atoms with Crippen LogP contribution in [-0.2, 0) is 6.54 Å². The molecule has 0 aliphatic carbocycles. The summed E-state index contributed by atoms with van der Waals surface area (Å²) < 4.78 is 10.7. The highest BCUT2D eigenvalue weighted by atomic mass is 32.1. The van der Waals surface area contributed by atoms with Crippen molar-refractivity contribution in [2.75, 3.05) is 14.2 Å². The largest absolute Gasteiger partial charge is 0.497 e. The number of aryl methyl sites for hydroxylation is 2. The van der Waals surface area contributed by atoms with Crippen LogP contribution >= 0.6 is 11.3 Å². The number of benzene rings is 1. The third-order valence-corrected chi connectivity index (χ3v) is 4.67. The van der Waals surface area contributed by atoms with Crippen LogP contribution in [0.3, 0.4) is 0 Å². The smallest absolute Gasteiger partial charge is 0.123 e. The van der Waals surface area contributed by atoms with Crippen molar-refractivity contribution in [1.82, 2.24) is 10.3 Å². The normalized spacial score (nSPS) is 12.2. The fraction of sp³-hybridized carbons (Fsp3) is 0.438. The van der Waals surface area contributed by atoms with E-state index in [0.29, 0.717) is 0 Å². The first kappa shape index (κ1) is 15.8. The van der Waals surface area contributed by atoms with Crippen molar-refractivity contribution in [1.29, 1.82) is 0 Å². The first-order valence-electron chi connectivity index (χ1n) is 6.93. The quantitative estimate of drug-likeness (QED) is 0.885. The highest BCUT2D eigenvalue weighted by Gasteiger charge is 2.13. The summed E-state index contributed by atoms with van der Waals surface area (Å²) in [6, 6.07) is 6.10. The number of thiazole rings is 1. The van der Waals surface area contributed by atoms with Crippen LogP contribution in [0.15, 0.2) is 18.2 Å². The highest BCUT2D eigenvalue weighted by molar-refractivity contribution is 7.11. The van der Waals surface area contributed by atoms with Gasteiger partial charge in [-0.1, -0.05) is 0 Å². The maximum Gasteiger partial charge on any atom is 0.123 e. The lowest BCUT2D eigenvalue weighted by atomic mass is 10.1. The monoisotopic (exact) mass is 306 g/mol. The molecule has 2 rings (SSSR count). The van der Waals surface area contributed by atoms with E-state index in [1.54, 1.807) is 25.6 Å². The predicted molar refractivity (Wildman–Crippen MR) is 86.4 cm³/mol. The zero-order valence-corrected chi connectivity index (χ0v) is 14.0. The predicted octanol–water partition coefficient (Wildman–Crippen LogP) is 3.63. The second-order valence-corrected chi connectivity index (χ2v) is 6.20. The minimum absolute atomic E-state index is 0.257. The van der Waals surface area contributed by atoms with Crippen molar-refractivity contribution < 1.29 is 9.47 Å². The third kappa shape index (κ3) is 3.74. The number of methoxy groups -OCH3 is 2. The summed E-state index contributed by atoms with van der Waals surface area (Å²) in [7, 11) is 3.36. The Kier molecular flexibility index (Phi) is 5.20. The van der Waals surface area contributed by atoms with E-state index in [0.717, 1.165) is 34.3 Å². The molecule has 1 unspecified atom stereocenters. The molecule has 0 amide bonds. The average Bonchev–Trinajstić information content (AvgIpc) is 2.83. The molecule has 21 heavy (non-hydrogen) atoms. The Hall–Kier alpha value is -1.59. The Labute approximate surface area is 130 Å². The second-order valence-electron chi connectivity index (χ2n) is 4.96. The Morgan fingerprint density at radius 3 is 2.57 bits per heavy atom. The summed E-state index contributed by atoms with van der Waals surface area (Å²) in [5.41, 5.74) is 2.19. The lowest BCUT2D eigenvalue weighted by Crippen LogP contribution is -2.18. The standard InChI is InChI=1S/C16H22N2O2S/c1-10(16-11(2)18-12(3)21-16)17-9-13-8-14(19-4)6-7-15(13)20-5/h6-8,10,17H,9H2,1-5H3. The van der Waals surface area contributed by atoms with E-state index in [2.05, 4.69) is 24.1 Å². The number of rotatable bonds is 6. The number of ether oxygens (including phenoxy) is 2. The summed E-state index contributed by atoms with van der Waals surface area (Å²) in [5.74, 6) is 1.71. The van der Waals surface area contributed by atoms with Crippen molar-refractivity contribution in [3.05, 3.63) is 39.3 Å². The topological polar surface area (TPSA) is 43.4 Å². The molecule has 5 heteroatoms. The first-order valence-corrected chi connectivity index (χ1v) is 7.75. The minimum Gasteiger partial charge on any atom is -0.497 e. The van der Waals surface area contributed by atoms with Crippen molar-refractivity contribution in [2.45, 2.75) is 33.4 Å². The van der Waals surface area contributed by atoms with Gasteiger partial charge in [0.2, 0.25) is 0 Å². The van der Waals surface area contributed by atoms with Gasteiger partial charge in [-0.2, -0.15) is 0 Å². The highest BCUT2D eigenvalue weighted by Crippen LogP contribution is 2.27. The first-order chi connectivity index (χ1) is 10.0. The van der Waals surface area contributed by atoms with Gasteiger partial charge in [-0.05, 0) is 39.0 Å². The molecule has 114 valence electrons. The van der Waals surface area contributed by atoms with Crippen LogP contribution in [0, 0.1) is 13.8 Å². The van der Waals surface area contributed by atoms with Crippen LogP contribution in [0.4, 0.5) is 0 Å². The van der Waals surface area contributed by atoms with Gasteiger partial charge < -0.3 is 14.8 Å². The Balaban J connectivity index is 2.10. The van der Waals surface area contributed by atoms with Crippen LogP contribution in [0.2, 0.25) is 0 Å². The van der Waals surface area contributed by atoms with Gasteiger partial charge in [0.25, 0.3) is 0 Å². The van der Waals surface area contributed by atoms with E-state index in [9.17, 15) is 0 Å². The van der Waals surface area contributed by atoms with Crippen LogP contribution in [0.1, 0.15) is 34.1 Å². The fourth-order valence-corrected chi connectivity index (χ4v) is 3.28. The molecule has 1 N–H and O–H groups in total. The van der Waals surface area contributed by atoms with Gasteiger partial charge in [-0.3, -0.25) is 0 Å². The van der Waals surface area contributed by atoms with E-state index in [4.69, 9.17) is 9.47 Å². The summed E-state index contributed by atoms with van der Waals surface area (Å²) >= 11 is 1.75. The van der Waals surface area contributed by atoms with Gasteiger partial charge in [0, 0.05) is 23.0 Å². The minimum atomic E-state index is 0.257. The molecule has 4 nitrogen and oxygen atoms in total. The van der Waals surface area contributed by atoms with E-state index in [1.807, 2.05) is 25.1 Å². The molecular weight excluding hydrogens is 284 g/mol. The number of nitrogens with zero attached hydrogens (tertiary/aromatic N) is 1. The molecule has 0 fully saturated rings. The Morgan fingerprint density at radius 1 is 1.24 bits per heavy atom. The van der Waals surface area contributed by atoms with Gasteiger partial charge >= 0.3 is 0 Å². The zero-order valence-electron chi connectivity index (χ0n) is 13.2. The van der Waals surface area contributed by atoms with Gasteiger partial charge in [-0.25, -0.2) is 4.98 Å². The third-order valence-electron chi connectivity index (χ3n) is 3.42. The molecular formula is C16H22N2O2S. The molecule has 0 saturated carbocycles. The second kappa shape index (κ2) is 6.91. The van der Waals surface area contributed by atoms with E-state index in [1.165, 1.54) is 4.88 Å². The number of hydrogen-bond acceptors (Lipinski definition) is 5. The molecule has 0 bridgehead atoms. The molecule has 1 aromatic carbocycles. The maximum atomic E-state index is 5.41. The Morgan fingerprint density at radius 2 is 2.00 bits per heavy atom. The van der Waals surface area contributed by atoms with Crippen molar-refractivity contribution >= 4 is 11.3 Å². The van der Waals surface area contributed by atoms with Gasteiger partial charge in [0.05, 0.1) is 24.9 Å². The molecule has 0 spiro atoms. The summed E-state index contributed by atoms with van der Waals surface area (Å²) in [6.45, 7) is 6.98. The lowest BCUT2D eigenvalue weighted by molar-refractivity contribution is 0.396. The number of hydrogen-bond donors (Lipinski definition) is 1. The van der Waals surface area contributed by atoms with E-state index >= 15 is 0 Å². The number of nitrogens with one attached hydrogen (secondary N) is 1. The molecule has 1 atom stereocenters. The zero-order chi connectivity index (χ0) is 15.4. The van der Waals surface area contributed by atoms with E-state index < -0.39 is 0 Å². The average molecular weight is 306 g/mol. The van der Waals surface area contributed by atoms with Gasteiger partial charge in [-0.15, -0.1) is 11.3 Å². The summed E-state index contributed by atoms with van der Waals surface area (Å²) in [5, 5.41) is 4.64. The van der Waals surface area contributed by atoms with Gasteiger partial charge in [0.1, 0.15) is 11.5 Å². The lowest BCUT2D eigenvalue weighted by Gasteiger charge is -2.15. The number of aromatic nitrogens is 1.